The second kappa shape index (κ2) is 13.8. The molecule has 1 amide bonds. The number of ether oxygens (including phenoxy) is 4. The number of amides is 1. The van der Waals surface area contributed by atoms with Gasteiger partial charge in [0.25, 0.3) is 0 Å². The fraction of sp³-hybridized carbons (Fsp3) is 0.591. The van der Waals surface area contributed by atoms with Gasteiger partial charge in [0.1, 0.15) is 19.3 Å². The molecule has 2 saturated carbocycles. The molecule has 2 aromatic rings. The lowest BCUT2D eigenvalue weighted by molar-refractivity contribution is -0.0784. The molecule has 0 aromatic heterocycles. The van der Waals surface area contributed by atoms with Gasteiger partial charge in [-0.3, -0.25) is 0 Å². The summed E-state index contributed by atoms with van der Waals surface area (Å²) < 4.78 is 24.4. The Hall–Kier alpha value is -3.58. The first kappa shape index (κ1) is 34.5. The molecule has 4 fully saturated rings. The van der Waals surface area contributed by atoms with E-state index in [2.05, 4.69) is 33.8 Å². The predicted octanol–water partition coefficient (Wildman–Crippen LogP) is 9.80. The van der Waals surface area contributed by atoms with Gasteiger partial charge in [0.2, 0.25) is 0 Å². The van der Waals surface area contributed by atoms with E-state index in [0.29, 0.717) is 30.3 Å². The van der Waals surface area contributed by atoms with E-state index in [1.54, 1.807) is 5.57 Å². The van der Waals surface area contributed by atoms with Crippen molar-refractivity contribution in [2.24, 2.45) is 35.0 Å². The normalized spacial score (nSPS) is 37.0. The predicted molar refractivity (Wildman–Crippen MR) is 195 cm³/mol. The number of likely N-dealkylation sites (tertiary alicyclic amines) is 1. The highest BCUT2D eigenvalue weighted by Gasteiger charge is 2.60. The van der Waals surface area contributed by atoms with E-state index in [9.17, 15) is 9.59 Å². The van der Waals surface area contributed by atoms with Crippen LogP contribution < -0.4 is 0 Å². The van der Waals surface area contributed by atoms with E-state index in [0.717, 1.165) is 75.5 Å². The molecule has 10 atom stereocenters. The van der Waals surface area contributed by atoms with Crippen molar-refractivity contribution in [3.63, 3.8) is 0 Å². The fourth-order valence-corrected chi connectivity index (χ4v) is 11.4. The molecule has 2 aliphatic heterocycles. The molecule has 6 aliphatic rings. The molecule has 0 N–H and O–H groups in total. The van der Waals surface area contributed by atoms with Gasteiger partial charge in [-0.25, -0.2) is 9.59 Å². The van der Waals surface area contributed by atoms with Crippen LogP contribution in [0.25, 0.3) is 0 Å². The Morgan fingerprint density at radius 3 is 2.35 bits per heavy atom. The molecule has 4 aliphatic carbocycles. The minimum absolute atomic E-state index is 0.0417. The van der Waals surface area contributed by atoms with Gasteiger partial charge in [-0.2, -0.15) is 0 Å². The first-order valence-corrected chi connectivity index (χ1v) is 19.5. The van der Waals surface area contributed by atoms with E-state index < -0.39 is 6.16 Å². The van der Waals surface area contributed by atoms with E-state index in [1.807, 2.05) is 65.6 Å². The number of hydrogen-bond donors (Lipinski definition) is 0. The third kappa shape index (κ3) is 6.42. The SMILES string of the molecule is CC1=C2CC3C(CC=C4CC(OC(=O)OCc5ccccc5)CCC43C)C2CCC2(C1)OC1C[C@H](C)CN(C(=O)OCc3ccccc3)C1C2C. The van der Waals surface area contributed by atoms with Crippen molar-refractivity contribution in [3.05, 3.63) is 94.6 Å². The summed E-state index contributed by atoms with van der Waals surface area (Å²) in [5.41, 5.74) is 6.53. The topological polar surface area (TPSA) is 74.3 Å². The van der Waals surface area contributed by atoms with Crippen LogP contribution in [0.1, 0.15) is 96.6 Å². The number of carbonyl (C=O) groups is 2. The standard InChI is InChI=1S/C44H55NO6/c1-28-21-39-40(45(25-28)41(46)48-26-31-11-7-5-8-12-31)30(3)44(51-39)20-18-35-36-16-15-33-22-34(50-42(47)49-27-32-13-9-6-10-14-32)17-19-43(33,4)38(36)23-37(35)29(2)24-44/h5-15,28,30,34-36,38-40H,16-27H2,1-4H3/t28-,30?,34?,35?,36?,38?,39?,40?,43?,44?/m0/s1. The van der Waals surface area contributed by atoms with Crippen molar-refractivity contribution < 1.29 is 28.5 Å². The maximum absolute atomic E-state index is 13.6. The molecule has 9 unspecified atom stereocenters. The zero-order valence-electron chi connectivity index (χ0n) is 30.9. The number of hydrogen-bond acceptors (Lipinski definition) is 6. The molecule has 0 bridgehead atoms. The van der Waals surface area contributed by atoms with Gasteiger partial charge in [0.15, 0.2) is 0 Å². The van der Waals surface area contributed by atoms with Crippen LogP contribution in [0.2, 0.25) is 0 Å². The molecule has 8 rings (SSSR count). The Labute approximate surface area is 303 Å². The van der Waals surface area contributed by atoms with Crippen LogP contribution in [0.4, 0.5) is 9.59 Å². The van der Waals surface area contributed by atoms with Gasteiger partial charge < -0.3 is 23.8 Å². The summed E-state index contributed by atoms with van der Waals surface area (Å²) in [7, 11) is 0. The highest BCUT2D eigenvalue weighted by molar-refractivity contribution is 5.68. The van der Waals surface area contributed by atoms with Crippen LogP contribution in [0.15, 0.2) is 83.5 Å². The summed E-state index contributed by atoms with van der Waals surface area (Å²) in [6, 6.07) is 19.8. The second-order valence-corrected chi connectivity index (χ2v) is 17.0. The average molecular weight is 694 g/mol. The summed E-state index contributed by atoms with van der Waals surface area (Å²) in [6.45, 7) is 10.7. The third-order valence-electron chi connectivity index (χ3n) is 14.0. The van der Waals surface area contributed by atoms with E-state index in [1.165, 1.54) is 11.1 Å². The number of rotatable bonds is 5. The smallest absolute Gasteiger partial charge is 0.445 e. The Morgan fingerprint density at radius 2 is 1.63 bits per heavy atom. The van der Waals surface area contributed by atoms with Crippen molar-refractivity contribution in [3.8, 4) is 0 Å². The zero-order valence-corrected chi connectivity index (χ0v) is 30.9. The van der Waals surface area contributed by atoms with Gasteiger partial charge in [-0.15, -0.1) is 0 Å². The average Bonchev–Trinajstić information content (AvgIpc) is 3.60. The number of nitrogens with zero attached hydrogens (tertiary/aromatic N) is 1. The summed E-state index contributed by atoms with van der Waals surface area (Å²) in [5, 5.41) is 0. The maximum Gasteiger partial charge on any atom is 0.508 e. The number of piperidine rings is 1. The van der Waals surface area contributed by atoms with Gasteiger partial charge >= 0.3 is 12.2 Å². The van der Waals surface area contributed by atoms with Crippen LogP contribution in [-0.2, 0) is 32.2 Å². The lowest BCUT2D eigenvalue weighted by atomic mass is 9.56. The molecule has 7 nitrogen and oxygen atoms in total. The van der Waals surface area contributed by atoms with E-state index in [4.69, 9.17) is 18.9 Å². The molecule has 272 valence electrons. The molecule has 1 spiro atoms. The fourth-order valence-electron chi connectivity index (χ4n) is 11.4. The maximum atomic E-state index is 13.6. The number of benzene rings is 2. The first-order valence-electron chi connectivity index (χ1n) is 19.5. The van der Waals surface area contributed by atoms with E-state index >= 15 is 0 Å². The minimum Gasteiger partial charge on any atom is -0.445 e. The lowest BCUT2D eigenvalue weighted by Gasteiger charge is -2.49. The van der Waals surface area contributed by atoms with Gasteiger partial charge in [0.05, 0.1) is 17.7 Å². The van der Waals surface area contributed by atoms with Gasteiger partial charge in [-0.1, -0.05) is 104 Å². The molecular weight excluding hydrogens is 638 g/mol. The highest BCUT2D eigenvalue weighted by atomic mass is 16.7. The lowest BCUT2D eigenvalue weighted by Crippen LogP contribution is -2.54. The molecule has 7 heteroatoms. The van der Waals surface area contributed by atoms with Crippen molar-refractivity contribution in [1.82, 2.24) is 4.90 Å². The number of carbonyl (C=O) groups excluding carboxylic acids is 2. The Bertz CT molecular complexity index is 1670. The van der Waals surface area contributed by atoms with Gasteiger partial charge in [-0.05, 0) is 98.5 Å². The minimum atomic E-state index is -0.565. The Balaban J connectivity index is 0.931. The molecule has 2 saturated heterocycles. The van der Waals surface area contributed by atoms with Crippen LogP contribution in [0.5, 0.6) is 0 Å². The summed E-state index contributed by atoms with van der Waals surface area (Å²) in [4.78, 5) is 28.2. The summed E-state index contributed by atoms with van der Waals surface area (Å²) in [6.07, 6.45) is 10.7. The summed E-state index contributed by atoms with van der Waals surface area (Å²) >= 11 is 0. The quantitative estimate of drug-likeness (QED) is 0.229. The number of allylic oxidation sites excluding steroid dienone is 2. The third-order valence-corrected chi connectivity index (χ3v) is 14.0. The van der Waals surface area contributed by atoms with Crippen LogP contribution in [0.3, 0.4) is 0 Å². The zero-order chi connectivity index (χ0) is 35.3. The first-order chi connectivity index (χ1) is 24.6. The number of fused-ring (bicyclic) bond motifs is 6. The molecule has 51 heavy (non-hydrogen) atoms. The van der Waals surface area contributed by atoms with Crippen LogP contribution >= 0.6 is 0 Å². The molecule has 2 aromatic carbocycles. The van der Waals surface area contributed by atoms with Crippen molar-refractivity contribution in [2.45, 2.75) is 123 Å². The van der Waals surface area contributed by atoms with Crippen molar-refractivity contribution in [1.29, 1.82) is 0 Å². The van der Waals surface area contributed by atoms with Crippen LogP contribution in [0, 0.1) is 35.0 Å². The molecular formula is C44H55NO6. The Morgan fingerprint density at radius 1 is 0.922 bits per heavy atom. The van der Waals surface area contributed by atoms with E-state index in [-0.39, 0.29) is 47.9 Å². The van der Waals surface area contributed by atoms with Gasteiger partial charge in [0, 0.05) is 18.9 Å². The van der Waals surface area contributed by atoms with Crippen molar-refractivity contribution >= 4 is 12.2 Å². The monoisotopic (exact) mass is 693 g/mol. The second-order valence-electron chi connectivity index (χ2n) is 17.0. The highest BCUT2D eigenvalue weighted by Crippen LogP contribution is 2.64. The van der Waals surface area contributed by atoms with Crippen molar-refractivity contribution in [2.75, 3.05) is 6.54 Å². The summed E-state index contributed by atoms with van der Waals surface area (Å²) in [5.74, 6) is 2.43. The van der Waals surface area contributed by atoms with Crippen LogP contribution in [-0.4, -0.2) is 47.5 Å². The molecule has 0 radical (unpaired) electrons. The Kier molecular flexibility index (Phi) is 9.31. The largest absolute Gasteiger partial charge is 0.508 e. The molecule has 2 heterocycles.